The van der Waals surface area contributed by atoms with Crippen molar-refractivity contribution < 1.29 is 9.90 Å². The molecule has 0 atom stereocenters. The Morgan fingerprint density at radius 3 is 2.95 bits per heavy atom. The summed E-state index contributed by atoms with van der Waals surface area (Å²) in [5, 5.41) is 12.5. The molecular formula is C15H14ClNO2S. The van der Waals surface area contributed by atoms with Crippen LogP contribution in [0.1, 0.15) is 27.2 Å². The van der Waals surface area contributed by atoms with Gasteiger partial charge >= 0.3 is 0 Å². The van der Waals surface area contributed by atoms with Crippen LogP contribution in [-0.2, 0) is 6.42 Å². The number of nitrogens with zero attached hydrogens (tertiary/aromatic N) is 1. The zero-order chi connectivity index (χ0) is 14.3. The SMILES string of the molecule is Cc1csc(C(=O)N2CCCc3cccc(O)c32)c1Cl. The van der Waals surface area contributed by atoms with E-state index in [-0.39, 0.29) is 11.7 Å². The number of fused-ring (bicyclic) bond motifs is 1. The molecule has 2 aromatic rings. The number of aromatic hydroxyl groups is 1. The highest BCUT2D eigenvalue weighted by molar-refractivity contribution is 7.13. The molecule has 1 amide bonds. The molecule has 1 aliphatic heterocycles. The second kappa shape index (κ2) is 5.11. The molecule has 104 valence electrons. The molecule has 0 fully saturated rings. The van der Waals surface area contributed by atoms with Crippen LogP contribution >= 0.6 is 22.9 Å². The number of carbonyl (C=O) groups excluding carboxylic acids is 1. The molecule has 0 unspecified atom stereocenters. The van der Waals surface area contributed by atoms with Gasteiger partial charge in [-0.25, -0.2) is 0 Å². The van der Waals surface area contributed by atoms with Crippen LogP contribution in [0.5, 0.6) is 5.75 Å². The van der Waals surface area contributed by atoms with Crippen LogP contribution in [0.3, 0.4) is 0 Å². The standard InChI is InChI=1S/C15H14ClNO2S/c1-9-8-20-14(12(9)16)15(19)17-7-3-5-10-4-2-6-11(18)13(10)17/h2,4,6,8,18H,3,5,7H2,1H3. The number of hydrogen-bond donors (Lipinski definition) is 1. The van der Waals surface area contributed by atoms with Gasteiger partial charge in [0.1, 0.15) is 10.6 Å². The normalized spacial score (nSPS) is 14.2. The summed E-state index contributed by atoms with van der Waals surface area (Å²) in [5.74, 6) is 0.0236. The Morgan fingerprint density at radius 2 is 2.25 bits per heavy atom. The molecule has 5 heteroatoms. The van der Waals surface area contributed by atoms with E-state index in [1.165, 1.54) is 11.3 Å². The minimum Gasteiger partial charge on any atom is -0.506 e. The van der Waals surface area contributed by atoms with Gasteiger partial charge in [0, 0.05) is 6.54 Å². The number of carbonyl (C=O) groups is 1. The van der Waals surface area contributed by atoms with Crippen LogP contribution in [-0.4, -0.2) is 17.6 Å². The molecule has 0 bridgehead atoms. The van der Waals surface area contributed by atoms with E-state index >= 15 is 0 Å². The molecule has 1 aromatic carbocycles. The molecule has 3 nitrogen and oxygen atoms in total. The van der Waals surface area contributed by atoms with E-state index in [2.05, 4.69) is 0 Å². The molecule has 0 saturated heterocycles. The van der Waals surface area contributed by atoms with Crippen LogP contribution in [0.2, 0.25) is 5.02 Å². The summed E-state index contributed by atoms with van der Waals surface area (Å²) >= 11 is 7.54. The third-order valence-corrected chi connectivity index (χ3v) is 5.22. The fraction of sp³-hybridized carbons (Fsp3) is 0.267. The zero-order valence-corrected chi connectivity index (χ0v) is 12.6. The van der Waals surface area contributed by atoms with Crippen molar-refractivity contribution >= 4 is 34.5 Å². The number of hydrogen-bond acceptors (Lipinski definition) is 3. The van der Waals surface area contributed by atoms with Crippen LogP contribution in [0.4, 0.5) is 5.69 Å². The molecule has 0 saturated carbocycles. The maximum atomic E-state index is 12.7. The third-order valence-electron chi connectivity index (χ3n) is 3.53. The predicted molar refractivity (Wildman–Crippen MR) is 82.2 cm³/mol. The smallest absolute Gasteiger partial charge is 0.270 e. The van der Waals surface area contributed by atoms with Gasteiger partial charge in [0.25, 0.3) is 5.91 Å². The Morgan fingerprint density at radius 1 is 1.45 bits per heavy atom. The lowest BCUT2D eigenvalue weighted by Crippen LogP contribution is -2.35. The van der Waals surface area contributed by atoms with Gasteiger partial charge in [-0.3, -0.25) is 4.79 Å². The van der Waals surface area contributed by atoms with Crippen LogP contribution in [0.15, 0.2) is 23.6 Å². The van der Waals surface area contributed by atoms with Gasteiger partial charge in [-0.05, 0) is 42.3 Å². The van der Waals surface area contributed by atoms with Crippen molar-refractivity contribution in [2.75, 3.05) is 11.4 Å². The quantitative estimate of drug-likeness (QED) is 0.865. The predicted octanol–water partition coefficient (Wildman–Crippen LogP) is 4.01. The Labute approximate surface area is 126 Å². The summed E-state index contributed by atoms with van der Waals surface area (Å²) < 4.78 is 0. The van der Waals surface area contributed by atoms with Crippen molar-refractivity contribution in [1.29, 1.82) is 0 Å². The van der Waals surface area contributed by atoms with Gasteiger partial charge in [0.15, 0.2) is 0 Å². The molecule has 2 heterocycles. The zero-order valence-electron chi connectivity index (χ0n) is 11.0. The number of amides is 1. The lowest BCUT2D eigenvalue weighted by atomic mass is 10.0. The molecular weight excluding hydrogens is 294 g/mol. The topological polar surface area (TPSA) is 40.5 Å². The lowest BCUT2D eigenvalue weighted by molar-refractivity contribution is 0.0988. The number of thiophene rings is 1. The minimum absolute atomic E-state index is 0.129. The average Bonchev–Trinajstić information content (AvgIpc) is 2.78. The minimum atomic E-state index is -0.129. The Bertz CT molecular complexity index is 681. The monoisotopic (exact) mass is 307 g/mol. The number of aryl methyl sites for hydroxylation is 2. The Balaban J connectivity index is 2.05. The molecule has 1 aliphatic rings. The molecule has 1 aromatic heterocycles. The second-order valence-electron chi connectivity index (χ2n) is 4.91. The molecule has 20 heavy (non-hydrogen) atoms. The molecule has 0 radical (unpaired) electrons. The van der Waals surface area contributed by atoms with E-state index in [0.29, 0.717) is 22.1 Å². The maximum absolute atomic E-state index is 12.7. The molecule has 0 aliphatic carbocycles. The fourth-order valence-electron chi connectivity index (χ4n) is 2.53. The highest BCUT2D eigenvalue weighted by Crippen LogP contribution is 2.38. The van der Waals surface area contributed by atoms with Gasteiger partial charge in [-0.15, -0.1) is 11.3 Å². The summed E-state index contributed by atoms with van der Waals surface area (Å²) in [6.07, 6.45) is 1.77. The number of phenolic OH excluding ortho intramolecular Hbond substituents is 1. The number of rotatable bonds is 1. The summed E-state index contributed by atoms with van der Waals surface area (Å²) in [4.78, 5) is 14.9. The summed E-state index contributed by atoms with van der Waals surface area (Å²) in [6, 6.07) is 5.38. The average molecular weight is 308 g/mol. The first-order chi connectivity index (χ1) is 9.59. The van der Waals surface area contributed by atoms with E-state index in [1.54, 1.807) is 11.0 Å². The lowest BCUT2D eigenvalue weighted by Gasteiger charge is -2.29. The molecule has 3 rings (SSSR count). The van der Waals surface area contributed by atoms with Gasteiger partial charge in [0.05, 0.1) is 10.7 Å². The van der Waals surface area contributed by atoms with E-state index in [0.717, 1.165) is 24.0 Å². The molecule has 1 N–H and O–H groups in total. The third kappa shape index (κ3) is 2.09. The fourth-order valence-corrected chi connectivity index (χ4v) is 3.75. The van der Waals surface area contributed by atoms with Crippen LogP contribution < -0.4 is 4.90 Å². The van der Waals surface area contributed by atoms with Crippen molar-refractivity contribution in [3.63, 3.8) is 0 Å². The summed E-state index contributed by atoms with van der Waals surface area (Å²) in [5.41, 5.74) is 2.55. The van der Waals surface area contributed by atoms with Crippen LogP contribution in [0, 0.1) is 6.92 Å². The van der Waals surface area contributed by atoms with E-state index < -0.39 is 0 Å². The van der Waals surface area contributed by atoms with E-state index in [9.17, 15) is 9.90 Å². The first-order valence-electron chi connectivity index (χ1n) is 6.46. The number of benzene rings is 1. The number of halogens is 1. The van der Waals surface area contributed by atoms with Gasteiger partial charge < -0.3 is 10.0 Å². The maximum Gasteiger partial charge on any atom is 0.270 e. The first kappa shape index (κ1) is 13.5. The van der Waals surface area contributed by atoms with Crippen molar-refractivity contribution in [3.8, 4) is 5.75 Å². The highest BCUT2D eigenvalue weighted by atomic mass is 35.5. The van der Waals surface area contributed by atoms with Crippen molar-refractivity contribution in [1.82, 2.24) is 0 Å². The van der Waals surface area contributed by atoms with Gasteiger partial charge in [-0.2, -0.15) is 0 Å². The van der Waals surface area contributed by atoms with Gasteiger partial charge in [-0.1, -0.05) is 23.7 Å². The summed E-state index contributed by atoms with van der Waals surface area (Å²) in [6.45, 7) is 2.49. The highest BCUT2D eigenvalue weighted by Gasteiger charge is 2.28. The van der Waals surface area contributed by atoms with Gasteiger partial charge in [0.2, 0.25) is 0 Å². The second-order valence-corrected chi connectivity index (χ2v) is 6.16. The number of para-hydroxylation sites is 1. The van der Waals surface area contributed by atoms with Crippen molar-refractivity contribution in [2.24, 2.45) is 0 Å². The number of phenols is 1. The first-order valence-corrected chi connectivity index (χ1v) is 7.71. The Kier molecular flexibility index (Phi) is 3.44. The Hall–Kier alpha value is -1.52. The van der Waals surface area contributed by atoms with Crippen molar-refractivity contribution in [2.45, 2.75) is 19.8 Å². The van der Waals surface area contributed by atoms with Crippen molar-refractivity contribution in [3.05, 3.63) is 44.6 Å². The molecule has 0 spiro atoms. The van der Waals surface area contributed by atoms with E-state index in [1.807, 2.05) is 24.4 Å². The van der Waals surface area contributed by atoms with E-state index in [4.69, 9.17) is 11.6 Å². The van der Waals surface area contributed by atoms with Crippen LogP contribution in [0.25, 0.3) is 0 Å². The largest absolute Gasteiger partial charge is 0.506 e. The number of anilines is 1. The summed E-state index contributed by atoms with van der Waals surface area (Å²) in [7, 11) is 0.